The molecule has 2 heterocycles. The van der Waals surface area contributed by atoms with E-state index in [9.17, 15) is 14.7 Å². The molecule has 0 saturated carbocycles. The monoisotopic (exact) mass is 436 g/mol. The first-order chi connectivity index (χ1) is 15.3. The third-order valence-electron chi connectivity index (χ3n) is 6.45. The number of nitrogens with zero attached hydrogens (tertiary/aromatic N) is 1. The number of carbonyl (C=O) groups is 2. The molecule has 2 aromatic carbocycles. The molecule has 1 unspecified atom stereocenters. The van der Waals surface area contributed by atoms with Crippen LogP contribution >= 0.6 is 0 Å². The minimum atomic E-state index is -0.899. The van der Waals surface area contributed by atoms with Crippen molar-refractivity contribution in [3.8, 4) is 0 Å². The van der Waals surface area contributed by atoms with Crippen LogP contribution in [0.1, 0.15) is 60.2 Å². The van der Waals surface area contributed by atoms with Gasteiger partial charge in [0.25, 0.3) is 0 Å². The number of carboxylic acid groups (broad SMARTS) is 1. The number of amides is 1. The summed E-state index contributed by atoms with van der Waals surface area (Å²) in [5.41, 5.74) is 3.51. The topological polar surface area (TPSA) is 78.9 Å². The average Bonchev–Trinajstić information content (AvgIpc) is 2.75. The van der Waals surface area contributed by atoms with Gasteiger partial charge >= 0.3 is 5.97 Å². The Morgan fingerprint density at radius 1 is 1.16 bits per heavy atom. The van der Waals surface area contributed by atoms with Gasteiger partial charge in [-0.1, -0.05) is 36.4 Å². The maximum Gasteiger partial charge on any atom is 0.335 e. The van der Waals surface area contributed by atoms with Crippen LogP contribution < -0.4 is 5.32 Å². The standard InChI is InChI=1S/C26H32N2O4/c1-18(2)27-24(29)16-22-15-20-7-3-4-9-23(20)26(32-22)10-12-28(13-11-26)17-19-6-5-8-21(14-19)25(30)31/h3-9,14,18,22H,10-13,15-17H2,1-2H3,(H,27,29)(H,30,31). The summed E-state index contributed by atoms with van der Waals surface area (Å²) in [7, 11) is 0. The van der Waals surface area contributed by atoms with Crippen LogP contribution in [0.5, 0.6) is 0 Å². The molecule has 0 aliphatic carbocycles. The van der Waals surface area contributed by atoms with E-state index in [1.54, 1.807) is 18.2 Å². The van der Waals surface area contributed by atoms with E-state index in [4.69, 9.17) is 4.74 Å². The number of nitrogens with one attached hydrogen (secondary N) is 1. The van der Waals surface area contributed by atoms with Gasteiger partial charge in [0.1, 0.15) is 0 Å². The van der Waals surface area contributed by atoms with Gasteiger partial charge in [-0.25, -0.2) is 4.79 Å². The van der Waals surface area contributed by atoms with Crippen LogP contribution in [0.3, 0.4) is 0 Å². The number of ether oxygens (including phenoxy) is 1. The van der Waals surface area contributed by atoms with E-state index in [1.165, 1.54) is 11.1 Å². The summed E-state index contributed by atoms with van der Waals surface area (Å²) in [6.45, 7) is 6.38. The smallest absolute Gasteiger partial charge is 0.335 e. The van der Waals surface area contributed by atoms with Gasteiger partial charge in [0.2, 0.25) is 5.91 Å². The van der Waals surface area contributed by atoms with Crippen LogP contribution in [0.25, 0.3) is 0 Å². The number of hydrogen-bond acceptors (Lipinski definition) is 4. The molecule has 6 heteroatoms. The number of fused-ring (bicyclic) bond motifs is 2. The normalized spacial score (nSPS) is 20.2. The van der Waals surface area contributed by atoms with Gasteiger partial charge in [0, 0.05) is 25.7 Å². The molecule has 170 valence electrons. The largest absolute Gasteiger partial charge is 0.478 e. The summed E-state index contributed by atoms with van der Waals surface area (Å²) >= 11 is 0. The highest BCUT2D eigenvalue weighted by molar-refractivity contribution is 5.87. The summed E-state index contributed by atoms with van der Waals surface area (Å²) in [6.07, 6.45) is 2.72. The summed E-state index contributed by atoms with van der Waals surface area (Å²) in [6, 6.07) is 15.7. The summed E-state index contributed by atoms with van der Waals surface area (Å²) in [5, 5.41) is 12.2. The molecule has 0 radical (unpaired) electrons. The molecule has 2 aliphatic rings. The fourth-order valence-corrected chi connectivity index (χ4v) is 5.03. The van der Waals surface area contributed by atoms with Gasteiger partial charge in [0.15, 0.2) is 0 Å². The molecular weight excluding hydrogens is 404 g/mol. The number of aromatic carboxylic acids is 1. The number of rotatable bonds is 6. The Bertz CT molecular complexity index is 979. The first-order valence-electron chi connectivity index (χ1n) is 11.4. The van der Waals surface area contributed by atoms with Crippen molar-refractivity contribution in [1.29, 1.82) is 0 Å². The number of piperidine rings is 1. The van der Waals surface area contributed by atoms with Gasteiger partial charge < -0.3 is 15.2 Å². The van der Waals surface area contributed by atoms with Crippen molar-refractivity contribution in [3.05, 3.63) is 70.8 Å². The number of carbonyl (C=O) groups excluding carboxylic acids is 1. The van der Waals surface area contributed by atoms with Crippen molar-refractivity contribution in [3.63, 3.8) is 0 Å². The lowest BCUT2D eigenvalue weighted by molar-refractivity contribution is -0.150. The van der Waals surface area contributed by atoms with Crippen LogP contribution in [-0.2, 0) is 28.1 Å². The SMILES string of the molecule is CC(C)NC(=O)CC1Cc2ccccc2C2(CCN(Cc3cccc(C(=O)O)c3)CC2)O1. The zero-order valence-corrected chi connectivity index (χ0v) is 18.8. The predicted octanol–water partition coefficient (Wildman–Crippen LogP) is 3.73. The molecule has 1 fully saturated rings. The van der Waals surface area contributed by atoms with E-state index < -0.39 is 5.97 Å². The van der Waals surface area contributed by atoms with Crippen molar-refractivity contribution < 1.29 is 19.4 Å². The van der Waals surface area contributed by atoms with E-state index in [-0.39, 0.29) is 23.7 Å². The van der Waals surface area contributed by atoms with Crippen LogP contribution in [-0.4, -0.2) is 47.1 Å². The second kappa shape index (κ2) is 9.43. The lowest BCUT2D eigenvalue weighted by Gasteiger charge is -2.47. The van der Waals surface area contributed by atoms with E-state index in [1.807, 2.05) is 19.9 Å². The number of likely N-dealkylation sites (tertiary alicyclic amines) is 1. The Morgan fingerprint density at radius 2 is 1.91 bits per heavy atom. The minimum absolute atomic E-state index is 0.0373. The number of hydrogen-bond donors (Lipinski definition) is 2. The van der Waals surface area contributed by atoms with Gasteiger partial charge in [-0.15, -0.1) is 0 Å². The quantitative estimate of drug-likeness (QED) is 0.721. The molecule has 1 amide bonds. The van der Waals surface area contributed by atoms with E-state index in [0.29, 0.717) is 12.0 Å². The van der Waals surface area contributed by atoms with Crippen molar-refractivity contribution in [2.24, 2.45) is 0 Å². The zero-order valence-electron chi connectivity index (χ0n) is 18.8. The van der Waals surface area contributed by atoms with E-state index in [0.717, 1.165) is 44.5 Å². The number of carboxylic acids is 1. The van der Waals surface area contributed by atoms with E-state index >= 15 is 0 Å². The number of benzene rings is 2. The van der Waals surface area contributed by atoms with Crippen molar-refractivity contribution in [2.45, 2.75) is 63.8 Å². The molecule has 6 nitrogen and oxygen atoms in total. The molecule has 4 rings (SSSR count). The lowest BCUT2D eigenvalue weighted by atomic mass is 9.77. The van der Waals surface area contributed by atoms with Crippen LogP contribution in [0.15, 0.2) is 48.5 Å². The average molecular weight is 437 g/mol. The Hall–Kier alpha value is -2.70. The summed E-state index contributed by atoms with van der Waals surface area (Å²) < 4.78 is 6.68. The molecule has 2 aliphatic heterocycles. The first kappa shape index (κ1) is 22.5. The molecule has 2 aromatic rings. The van der Waals surface area contributed by atoms with Gasteiger partial charge in [-0.3, -0.25) is 9.69 Å². The highest BCUT2D eigenvalue weighted by Crippen LogP contribution is 2.44. The zero-order chi connectivity index (χ0) is 22.7. The second-order valence-corrected chi connectivity index (χ2v) is 9.30. The van der Waals surface area contributed by atoms with Gasteiger partial charge in [0.05, 0.1) is 23.7 Å². The lowest BCUT2D eigenvalue weighted by Crippen LogP contribution is -2.49. The van der Waals surface area contributed by atoms with Gasteiger partial charge in [-0.05, 0) is 61.9 Å². The predicted molar refractivity (Wildman–Crippen MR) is 123 cm³/mol. The van der Waals surface area contributed by atoms with Crippen molar-refractivity contribution in [2.75, 3.05) is 13.1 Å². The molecule has 0 aromatic heterocycles. The Morgan fingerprint density at radius 3 is 2.62 bits per heavy atom. The van der Waals surface area contributed by atoms with Crippen LogP contribution in [0, 0.1) is 0 Å². The maximum atomic E-state index is 12.4. The fraction of sp³-hybridized carbons (Fsp3) is 0.462. The molecule has 1 spiro atoms. The van der Waals surface area contributed by atoms with Crippen molar-refractivity contribution >= 4 is 11.9 Å². The summed E-state index contributed by atoms with van der Waals surface area (Å²) in [5.74, 6) is -0.862. The minimum Gasteiger partial charge on any atom is -0.478 e. The molecule has 1 saturated heterocycles. The van der Waals surface area contributed by atoms with Crippen molar-refractivity contribution in [1.82, 2.24) is 10.2 Å². The maximum absolute atomic E-state index is 12.4. The molecule has 32 heavy (non-hydrogen) atoms. The molecule has 2 N–H and O–H groups in total. The molecular formula is C26H32N2O4. The Kier molecular flexibility index (Phi) is 6.63. The van der Waals surface area contributed by atoms with E-state index in [2.05, 4.69) is 34.5 Å². The molecule has 0 bridgehead atoms. The van der Waals surface area contributed by atoms with Gasteiger partial charge in [-0.2, -0.15) is 0 Å². The fourth-order valence-electron chi connectivity index (χ4n) is 5.03. The first-order valence-corrected chi connectivity index (χ1v) is 11.4. The van der Waals surface area contributed by atoms with Crippen LogP contribution in [0.4, 0.5) is 0 Å². The highest BCUT2D eigenvalue weighted by atomic mass is 16.5. The third kappa shape index (κ3) is 5.03. The Balaban J connectivity index is 1.46. The highest BCUT2D eigenvalue weighted by Gasteiger charge is 2.43. The molecule has 1 atom stereocenters. The second-order valence-electron chi connectivity index (χ2n) is 9.30. The Labute approximate surface area is 189 Å². The summed E-state index contributed by atoms with van der Waals surface area (Å²) in [4.78, 5) is 26.0. The van der Waals surface area contributed by atoms with Crippen LogP contribution in [0.2, 0.25) is 0 Å². The third-order valence-corrected chi connectivity index (χ3v) is 6.45.